The van der Waals surface area contributed by atoms with Gasteiger partial charge in [-0.3, -0.25) is 0 Å². The SMILES string of the molecule is FC1=C(c2ccccc2)CCN(c2ccccc2)C1. The Morgan fingerprint density at radius 1 is 0.842 bits per heavy atom. The van der Waals surface area contributed by atoms with Crippen LogP contribution in [-0.4, -0.2) is 13.1 Å². The summed E-state index contributed by atoms with van der Waals surface area (Å²) in [6.07, 6.45) is 0.755. The summed E-state index contributed by atoms with van der Waals surface area (Å²) in [5, 5.41) is 0. The number of benzene rings is 2. The van der Waals surface area contributed by atoms with E-state index in [2.05, 4.69) is 4.90 Å². The fourth-order valence-electron chi connectivity index (χ4n) is 2.52. The van der Waals surface area contributed by atoms with Gasteiger partial charge < -0.3 is 4.90 Å². The summed E-state index contributed by atoms with van der Waals surface area (Å²) >= 11 is 0. The van der Waals surface area contributed by atoms with E-state index >= 15 is 0 Å². The Hall–Kier alpha value is -2.09. The lowest BCUT2D eigenvalue weighted by Crippen LogP contribution is -2.30. The smallest absolute Gasteiger partial charge is 0.123 e. The van der Waals surface area contributed by atoms with Gasteiger partial charge in [-0.1, -0.05) is 48.5 Å². The first kappa shape index (κ1) is 12.0. The van der Waals surface area contributed by atoms with Crippen LogP contribution in [0.25, 0.3) is 5.57 Å². The van der Waals surface area contributed by atoms with Gasteiger partial charge in [0.05, 0.1) is 6.54 Å². The Kier molecular flexibility index (Phi) is 3.32. The molecular weight excluding hydrogens is 237 g/mol. The molecule has 96 valence electrons. The second-order valence-corrected chi connectivity index (χ2v) is 4.76. The van der Waals surface area contributed by atoms with Crippen LogP contribution in [0.1, 0.15) is 12.0 Å². The highest BCUT2D eigenvalue weighted by atomic mass is 19.1. The summed E-state index contributed by atoms with van der Waals surface area (Å²) in [6, 6.07) is 19.9. The lowest BCUT2D eigenvalue weighted by molar-refractivity contribution is 0.583. The second-order valence-electron chi connectivity index (χ2n) is 4.76. The molecule has 1 aliphatic rings. The van der Waals surface area contributed by atoms with Gasteiger partial charge in [-0.15, -0.1) is 0 Å². The molecule has 3 rings (SSSR count). The highest BCUT2D eigenvalue weighted by Crippen LogP contribution is 2.30. The summed E-state index contributed by atoms with van der Waals surface area (Å²) in [4.78, 5) is 2.09. The molecule has 0 N–H and O–H groups in total. The minimum Gasteiger partial charge on any atom is -0.364 e. The van der Waals surface area contributed by atoms with Crippen molar-refractivity contribution in [2.45, 2.75) is 6.42 Å². The van der Waals surface area contributed by atoms with Gasteiger partial charge in [0.1, 0.15) is 5.83 Å². The first-order chi connectivity index (χ1) is 9.34. The van der Waals surface area contributed by atoms with Crippen molar-refractivity contribution >= 4 is 11.3 Å². The van der Waals surface area contributed by atoms with Crippen LogP contribution >= 0.6 is 0 Å². The quantitative estimate of drug-likeness (QED) is 0.772. The molecule has 1 heterocycles. The average Bonchev–Trinajstić information content (AvgIpc) is 2.49. The first-order valence-corrected chi connectivity index (χ1v) is 6.57. The molecule has 0 amide bonds. The van der Waals surface area contributed by atoms with Crippen LogP contribution in [0.3, 0.4) is 0 Å². The van der Waals surface area contributed by atoms with Crippen molar-refractivity contribution in [2.75, 3.05) is 18.0 Å². The second kappa shape index (κ2) is 5.27. The molecule has 19 heavy (non-hydrogen) atoms. The van der Waals surface area contributed by atoms with Gasteiger partial charge in [0.25, 0.3) is 0 Å². The van der Waals surface area contributed by atoms with E-state index in [1.807, 2.05) is 60.7 Å². The third-order valence-electron chi connectivity index (χ3n) is 3.53. The number of hydrogen-bond donors (Lipinski definition) is 0. The van der Waals surface area contributed by atoms with Crippen LogP contribution in [-0.2, 0) is 0 Å². The highest BCUT2D eigenvalue weighted by molar-refractivity contribution is 5.70. The lowest BCUT2D eigenvalue weighted by Gasteiger charge is -2.29. The summed E-state index contributed by atoms with van der Waals surface area (Å²) in [5.74, 6) is -0.0127. The molecule has 0 radical (unpaired) electrons. The number of nitrogens with zero attached hydrogens (tertiary/aromatic N) is 1. The maximum Gasteiger partial charge on any atom is 0.123 e. The number of hydrogen-bond acceptors (Lipinski definition) is 1. The van der Waals surface area contributed by atoms with Crippen LogP contribution < -0.4 is 4.90 Å². The molecule has 2 heteroatoms. The average molecular weight is 253 g/mol. The van der Waals surface area contributed by atoms with E-state index in [1.54, 1.807) is 0 Å². The van der Waals surface area contributed by atoms with Crippen LogP contribution in [0.5, 0.6) is 0 Å². The zero-order chi connectivity index (χ0) is 13.1. The molecule has 0 atom stereocenters. The predicted molar refractivity (Wildman–Crippen MR) is 77.7 cm³/mol. The van der Waals surface area contributed by atoms with Crippen molar-refractivity contribution in [3.63, 3.8) is 0 Å². The highest BCUT2D eigenvalue weighted by Gasteiger charge is 2.20. The van der Waals surface area contributed by atoms with E-state index in [0.29, 0.717) is 6.54 Å². The summed E-state index contributed by atoms with van der Waals surface area (Å²) in [7, 11) is 0. The standard InChI is InChI=1S/C17H16FN/c18-17-13-19(15-9-5-2-6-10-15)12-11-16(17)14-7-3-1-4-8-14/h1-10H,11-13H2. The van der Waals surface area contributed by atoms with E-state index in [1.165, 1.54) is 0 Å². The fourth-order valence-corrected chi connectivity index (χ4v) is 2.52. The van der Waals surface area contributed by atoms with Crippen molar-refractivity contribution in [2.24, 2.45) is 0 Å². The molecule has 0 unspecified atom stereocenters. The number of para-hydroxylation sites is 1. The van der Waals surface area contributed by atoms with E-state index in [4.69, 9.17) is 0 Å². The largest absolute Gasteiger partial charge is 0.364 e. The minimum atomic E-state index is -0.0127. The van der Waals surface area contributed by atoms with Crippen LogP contribution in [0.4, 0.5) is 10.1 Å². The normalized spacial score (nSPS) is 15.7. The molecule has 1 nitrogen and oxygen atoms in total. The lowest BCUT2D eigenvalue weighted by atomic mass is 9.98. The maximum absolute atomic E-state index is 14.3. The molecule has 0 aromatic heterocycles. The molecule has 0 saturated carbocycles. The van der Waals surface area contributed by atoms with E-state index in [-0.39, 0.29) is 5.83 Å². The molecule has 1 aliphatic heterocycles. The van der Waals surface area contributed by atoms with E-state index in [9.17, 15) is 4.39 Å². The van der Waals surface area contributed by atoms with E-state index in [0.717, 1.165) is 29.8 Å². The third kappa shape index (κ3) is 2.53. The Balaban J connectivity index is 1.84. The predicted octanol–water partition coefficient (Wildman–Crippen LogP) is 4.28. The fraction of sp³-hybridized carbons (Fsp3) is 0.176. The Morgan fingerprint density at radius 2 is 1.47 bits per heavy atom. The van der Waals surface area contributed by atoms with Gasteiger partial charge in [-0.05, 0) is 29.7 Å². The van der Waals surface area contributed by atoms with Gasteiger partial charge in [0.2, 0.25) is 0 Å². The third-order valence-corrected chi connectivity index (χ3v) is 3.53. The number of halogens is 1. The van der Waals surface area contributed by atoms with Crippen LogP contribution in [0.15, 0.2) is 66.5 Å². The van der Waals surface area contributed by atoms with Gasteiger partial charge in [-0.2, -0.15) is 0 Å². The van der Waals surface area contributed by atoms with Crippen LogP contribution in [0, 0.1) is 0 Å². The van der Waals surface area contributed by atoms with Gasteiger partial charge in [-0.25, -0.2) is 4.39 Å². The number of rotatable bonds is 2. The molecule has 2 aromatic carbocycles. The topological polar surface area (TPSA) is 3.24 Å². The summed E-state index contributed by atoms with van der Waals surface area (Å²) in [6.45, 7) is 1.23. The molecule has 0 spiro atoms. The van der Waals surface area contributed by atoms with Gasteiger partial charge in [0, 0.05) is 12.2 Å². The van der Waals surface area contributed by atoms with Crippen LogP contribution in [0.2, 0.25) is 0 Å². The van der Waals surface area contributed by atoms with Crippen molar-refractivity contribution in [3.05, 3.63) is 72.1 Å². The molecule has 0 fully saturated rings. The Labute approximate surface area is 113 Å². The Bertz CT molecular complexity index is 575. The minimum absolute atomic E-state index is 0.0127. The monoisotopic (exact) mass is 253 g/mol. The number of anilines is 1. The van der Waals surface area contributed by atoms with Gasteiger partial charge >= 0.3 is 0 Å². The van der Waals surface area contributed by atoms with Gasteiger partial charge in [0.15, 0.2) is 0 Å². The van der Waals surface area contributed by atoms with Crippen molar-refractivity contribution in [1.29, 1.82) is 0 Å². The zero-order valence-corrected chi connectivity index (χ0v) is 10.7. The van der Waals surface area contributed by atoms with Crippen molar-refractivity contribution in [1.82, 2.24) is 0 Å². The van der Waals surface area contributed by atoms with Crippen molar-refractivity contribution in [3.8, 4) is 0 Å². The molecule has 0 saturated heterocycles. The summed E-state index contributed by atoms with van der Waals surface area (Å²) in [5.41, 5.74) is 2.95. The zero-order valence-electron chi connectivity index (χ0n) is 10.7. The van der Waals surface area contributed by atoms with E-state index < -0.39 is 0 Å². The molecular formula is C17H16FN. The summed E-state index contributed by atoms with van der Waals surface area (Å²) < 4.78 is 14.3. The molecule has 2 aromatic rings. The molecule has 0 aliphatic carbocycles. The van der Waals surface area contributed by atoms with Crippen molar-refractivity contribution < 1.29 is 4.39 Å². The maximum atomic E-state index is 14.3. The Morgan fingerprint density at radius 3 is 2.11 bits per heavy atom. The molecule has 0 bridgehead atoms. The first-order valence-electron chi connectivity index (χ1n) is 6.57.